The molecule has 0 saturated heterocycles. The highest BCUT2D eigenvalue weighted by molar-refractivity contribution is 7.99. The second-order valence-electron chi connectivity index (χ2n) is 4.00. The van der Waals surface area contributed by atoms with Gasteiger partial charge in [-0.2, -0.15) is 5.10 Å². The summed E-state index contributed by atoms with van der Waals surface area (Å²) in [6.45, 7) is 0. The first-order valence-electron chi connectivity index (χ1n) is 5.82. The normalized spacial score (nSPS) is 10.6. The van der Waals surface area contributed by atoms with Crippen molar-refractivity contribution in [2.75, 3.05) is 0 Å². The van der Waals surface area contributed by atoms with Crippen LogP contribution in [0, 0.1) is 0 Å². The molecule has 0 bridgehead atoms. The van der Waals surface area contributed by atoms with Gasteiger partial charge in [-0.3, -0.25) is 0 Å². The molecule has 3 rings (SSSR count). The lowest BCUT2D eigenvalue weighted by Crippen LogP contribution is -2.00. The van der Waals surface area contributed by atoms with E-state index in [-0.39, 0.29) is 5.56 Å². The van der Waals surface area contributed by atoms with Gasteiger partial charge in [0, 0.05) is 17.0 Å². The smallest absolute Gasteiger partial charge is 0.338 e. The molecule has 6 heteroatoms. The third-order valence-corrected chi connectivity index (χ3v) is 3.75. The van der Waals surface area contributed by atoms with E-state index >= 15 is 0 Å². The molecule has 2 aromatic heterocycles. The van der Waals surface area contributed by atoms with E-state index in [0.717, 1.165) is 10.8 Å². The summed E-state index contributed by atoms with van der Waals surface area (Å²) >= 11 is 1.21. The zero-order chi connectivity index (χ0) is 13.9. The molecule has 0 atom stereocenters. The maximum atomic E-state index is 11.2. The van der Waals surface area contributed by atoms with Crippen molar-refractivity contribution in [1.82, 2.24) is 15.2 Å². The van der Waals surface area contributed by atoms with Crippen molar-refractivity contribution >= 4 is 28.5 Å². The van der Waals surface area contributed by atoms with Crippen molar-refractivity contribution in [1.29, 1.82) is 0 Å². The molecule has 0 spiro atoms. The maximum absolute atomic E-state index is 11.2. The molecule has 5 nitrogen and oxygen atoms in total. The number of carbonyl (C=O) groups is 1. The number of hydrogen-bond donors (Lipinski definition) is 1. The van der Waals surface area contributed by atoms with E-state index in [1.807, 2.05) is 24.3 Å². The van der Waals surface area contributed by atoms with Crippen molar-refractivity contribution in [3.63, 3.8) is 0 Å². The van der Waals surface area contributed by atoms with Gasteiger partial charge in [-0.15, -0.1) is 5.10 Å². The molecule has 3 aromatic rings. The number of aromatic carboxylic acids is 1. The fourth-order valence-electron chi connectivity index (χ4n) is 1.80. The lowest BCUT2D eigenvalue weighted by molar-refractivity contribution is 0.0692. The Balaban J connectivity index is 2.08. The minimum atomic E-state index is -1.01. The van der Waals surface area contributed by atoms with Crippen LogP contribution in [0.25, 0.3) is 10.8 Å². The topological polar surface area (TPSA) is 76.0 Å². The van der Waals surface area contributed by atoms with E-state index in [2.05, 4.69) is 15.2 Å². The van der Waals surface area contributed by atoms with Crippen molar-refractivity contribution in [2.24, 2.45) is 0 Å². The van der Waals surface area contributed by atoms with Crippen LogP contribution in [0.15, 0.2) is 58.8 Å². The van der Waals surface area contributed by atoms with E-state index in [0.29, 0.717) is 10.1 Å². The quantitative estimate of drug-likeness (QED) is 0.796. The van der Waals surface area contributed by atoms with E-state index in [1.54, 1.807) is 18.5 Å². The number of pyridine rings is 1. The molecule has 2 heterocycles. The molecule has 0 radical (unpaired) electrons. The summed E-state index contributed by atoms with van der Waals surface area (Å²) in [5.41, 5.74) is 0.159. The number of carboxylic acids is 1. The van der Waals surface area contributed by atoms with Crippen LogP contribution in [0.2, 0.25) is 0 Å². The highest BCUT2D eigenvalue weighted by Gasteiger charge is 2.14. The summed E-state index contributed by atoms with van der Waals surface area (Å²) in [5, 5.41) is 20.1. The van der Waals surface area contributed by atoms with Crippen LogP contribution in [0.3, 0.4) is 0 Å². The minimum Gasteiger partial charge on any atom is -0.478 e. The lowest BCUT2D eigenvalue weighted by atomic mass is 10.2. The van der Waals surface area contributed by atoms with Crippen LogP contribution in [0.1, 0.15) is 10.4 Å². The van der Waals surface area contributed by atoms with Gasteiger partial charge in [0.2, 0.25) is 0 Å². The zero-order valence-electron chi connectivity index (χ0n) is 10.2. The number of carboxylic acid groups (broad SMARTS) is 1. The molecule has 0 aliphatic heterocycles. The fraction of sp³-hybridized carbons (Fsp3) is 0. The van der Waals surface area contributed by atoms with Crippen molar-refractivity contribution < 1.29 is 9.90 Å². The molecule has 1 aromatic carbocycles. The Hall–Kier alpha value is -2.47. The monoisotopic (exact) mass is 283 g/mol. The average Bonchev–Trinajstić information content (AvgIpc) is 2.48. The molecular formula is C14H9N3O2S. The molecule has 98 valence electrons. The van der Waals surface area contributed by atoms with Gasteiger partial charge in [-0.05, 0) is 23.9 Å². The summed E-state index contributed by atoms with van der Waals surface area (Å²) in [6.07, 6.45) is 3.24. The van der Waals surface area contributed by atoms with Gasteiger partial charge in [0.15, 0.2) is 0 Å². The van der Waals surface area contributed by atoms with E-state index in [4.69, 9.17) is 5.11 Å². The highest BCUT2D eigenvalue weighted by atomic mass is 32.2. The third-order valence-electron chi connectivity index (χ3n) is 2.73. The lowest BCUT2D eigenvalue weighted by Gasteiger charge is -2.05. The Morgan fingerprint density at radius 1 is 1.10 bits per heavy atom. The van der Waals surface area contributed by atoms with Gasteiger partial charge in [0.25, 0.3) is 0 Å². The van der Waals surface area contributed by atoms with Gasteiger partial charge in [0.1, 0.15) is 10.1 Å². The highest BCUT2D eigenvalue weighted by Crippen LogP contribution is 2.31. The van der Waals surface area contributed by atoms with Gasteiger partial charge >= 0.3 is 5.97 Å². The average molecular weight is 283 g/mol. The summed E-state index contributed by atoms with van der Waals surface area (Å²) in [5.74, 6) is -1.01. The summed E-state index contributed by atoms with van der Waals surface area (Å²) in [6, 6.07) is 10.8. The predicted octanol–water partition coefficient (Wildman–Crippen LogP) is 2.87. The summed E-state index contributed by atoms with van der Waals surface area (Å²) in [7, 11) is 0. The standard InChI is InChI=1S/C14H9N3O2S/c18-14(19)11-6-3-7-15-12(11)20-13-10-5-2-1-4-9(10)8-16-17-13/h1-8H,(H,18,19). The number of hydrogen-bond acceptors (Lipinski definition) is 5. The first kappa shape index (κ1) is 12.6. The van der Waals surface area contributed by atoms with Crippen LogP contribution in [0.5, 0.6) is 0 Å². The van der Waals surface area contributed by atoms with Gasteiger partial charge < -0.3 is 5.11 Å². The van der Waals surface area contributed by atoms with E-state index in [9.17, 15) is 4.79 Å². The molecular weight excluding hydrogens is 274 g/mol. The number of aromatic nitrogens is 3. The Morgan fingerprint density at radius 2 is 1.95 bits per heavy atom. The molecule has 20 heavy (non-hydrogen) atoms. The molecule has 0 amide bonds. The SMILES string of the molecule is O=C(O)c1cccnc1Sc1nncc2ccccc12. The molecule has 0 fully saturated rings. The number of benzene rings is 1. The fourth-order valence-corrected chi connectivity index (χ4v) is 2.75. The number of fused-ring (bicyclic) bond motifs is 1. The number of nitrogens with zero attached hydrogens (tertiary/aromatic N) is 3. The Labute approximate surface area is 118 Å². The van der Waals surface area contributed by atoms with Gasteiger partial charge in [-0.25, -0.2) is 9.78 Å². The zero-order valence-corrected chi connectivity index (χ0v) is 11.0. The van der Waals surface area contributed by atoms with Gasteiger partial charge in [0.05, 0.1) is 11.8 Å². The molecule has 0 unspecified atom stereocenters. The number of rotatable bonds is 3. The van der Waals surface area contributed by atoms with Crippen LogP contribution < -0.4 is 0 Å². The van der Waals surface area contributed by atoms with Crippen molar-refractivity contribution in [3.05, 3.63) is 54.4 Å². The summed E-state index contributed by atoms with van der Waals surface area (Å²) < 4.78 is 0. The molecule has 0 saturated carbocycles. The molecule has 0 aliphatic carbocycles. The van der Waals surface area contributed by atoms with E-state index < -0.39 is 5.97 Å². The van der Waals surface area contributed by atoms with Crippen LogP contribution >= 0.6 is 11.8 Å². The van der Waals surface area contributed by atoms with Crippen molar-refractivity contribution in [2.45, 2.75) is 10.1 Å². The van der Waals surface area contributed by atoms with Crippen LogP contribution in [0.4, 0.5) is 0 Å². The molecule has 0 aliphatic rings. The Kier molecular flexibility index (Phi) is 3.30. The maximum Gasteiger partial charge on any atom is 0.338 e. The first-order valence-corrected chi connectivity index (χ1v) is 6.64. The second-order valence-corrected chi connectivity index (χ2v) is 4.98. The molecule has 1 N–H and O–H groups in total. The van der Waals surface area contributed by atoms with E-state index in [1.165, 1.54) is 17.8 Å². The largest absolute Gasteiger partial charge is 0.478 e. The summed E-state index contributed by atoms with van der Waals surface area (Å²) in [4.78, 5) is 15.3. The first-order chi connectivity index (χ1) is 9.75. The minimum absolute atomic E-state index is 0.159. The second kappa shape index (κ2) is 5.26. The Bertz CT molecular complexity index is 787. The van der Waals surface area contributed by atoms with Crippen LogP contribution in [-0.2, 0) is 0 Å². The predicted molar refractivity (Wildman–Crippen MR) is 74.9 cm³/mol. The third kappa shape index (κ3) is 2.33. The Morgan fingerprint density at radius 3 is 2.80 bits per heavy atom. The van der Waals surface area contributed by atoms with Gasteiger partial charge in [-0.1, -0.05) is 24.3 Å². The van der Waals surface area contributed by atoms with Crippen LogP contribution in [-0.4, -0.2) is 26.3 Å². The van der Waals surface area contributed by atoms with Crippen molar-refractivity contribution in [3.8, 4) is 0 Å².